The van der Waals surface area contributed by atoms with E-state index < -0.39 is 50.0 Å². The van der Waals surface area contributed by atoms with Gasteiger partial charge in [0.2, 0.25) is 0 Å². The first-order valence-electron chi connectivity index (χ1n) is 12.8. The average Bonchev–Trinajstić information content (AvgIpc) is 3.47. The van der Waals surface area contributed by atoms with Gasteiger partial charge < -0.3 is 15.3 Å². The van der Waals surface area contributed by atoms with Crippen molar-refractivity contribution in [3.8, 4) is 0 Å². The number of amides is 1. The number of hydrogen-bond donors (Lipinski definition) is 2. The molecule has 0 aliphatic heterocycles. The summed E-state index contributed by atoms with van der Waals surface area (Å²) in [7, 11) is -4.15. The molecule has 3 aromatic carbocycles. The molecule has 0 heterocycles. The number of benzene rings is 3. The summed E-state index contributed by atoms with van der Waals surface area (Å²) in [5.41, 5.74) is -0.0167. The molecule has 7 nitrogen and oxygen atoms in total. The molecule has 2 bridgehead atoms. The Balaban J connectivity index is 1.34. The third kappa shape index (κ3) is 5.71. The van der Waals surface area contributed by atoms with Gasteiger partial charge in [0.25, 0.3) is 5.91 Å². The summed E-state index contributed by atoms with van der Waals surface area (Å²) in [6, 6.07) is 12.4. The van der Waals surface area contributed by atoms with Crippen LogP contribution in [-0.2, 0) is 21.3 Å². The minimum absolute atomic E-state index is 0.120. The lowest BCUT2D eigenvalue weighted by Crippen LogP contribution is -2.40. The van der Waals surface area contributed by atoms with Crippen molar-refractivity contribution in [2.75, 3.05) is 5.32 Å². The molecule has 3 aromatic rings. The molecule has 2 N–H and O–H groups in total. The molecular weight excluding hydrogens is 581 g/mol. The van der Waals surface area contributed by atoms with Gasteiger partial charge in [0.05, 0.1) is 21.4 Å². The number of aliphatic hydroxyl groups is 1. The predicted molar refractivity (Wildman–Crippen MR) is 147 cm³/mol. The Hall–Kier alpha value is -3.41. The SMILES string of the molecule is Cc1ccc(CO/N=C/[C@@]2(O)CC3CCC2[C@@H]3S(=O)(=O)c2cc(C(=O)Nc3cc(F)c(F)c(F)c3)ccc2Cl)cc1. The van der Waals surface area contributed by atoms with Gasteiger partial charge in [-0.25, -0.2) is 21.6 Å². The molecule has 0 radical (unpaired) electrons. The lowest BCUT2D eigenvalue weighted by Gasteiger charge is -2.28. The Morgan fingerprint density at radius 1 is 1.12 bits per heavy atom. The van der Waals surface area contributed by atoms with Gasteiger partial charge in [0.15, 0.2) is 27.3 Å². The highest BCUT2D eigenvalue weighted by molar-refractivity contribution is 7.92. The molecule has 12 heteroatoms. The monoisotopic (exact) mass is 606 g/mol. The molecule has 4 atom stereocenters. The fraction of sp³-hybridized carbons (Fsp3) is 0.310. The molecule has 0 spiro atoms. The maximum atomic E-state index is 13.9. The number of oxime groups is 1. The summed E-state index contributed by atoms with van der Waals surface area (Å²) in [5.74, 6) is -6.61. The summed E-state index contributed by atoms with van der Waals surface area (Å²) in [4.78, 5) is 17.8. The van der Waals surface area contributed by atoms with E-state index in [4.69, 9.17) is 16.4 Å². The molecule has 2 saturated carbocycles. The number of fused-ring (bicyclic) bond motifs is 2. The molecule has 2 aliphatic carbocycles. The summed E-state index contributed by atoms with van der Waals surface area (Å²) in [6.07, 6.45) is 2.45. The normalized spacial score (nSPS) is 23.7. The van der Waals surface area contributed by atoms with Crippen molar-refractivity contribution < 1.29 is 36.3 Å². The second-order valence-corrected chi connectivity index (χ2v) is 13.0. The predicted octanol–water partition coefficient (Wildman–Crippen LogP) is 5.82. The highest BCUT2D eigenvalue weighted by Crippen LogP contribution is 2.54. The quantitative estimate of drug-likeness (QED) is 0.191. The van der Waals surface area contributed by atoms with Crippen LogP contribution in [0.15, 0.2) is 64.6 Å². The number of nitrogens with one attached hydrogen (secondary N) is 1. The van der Waals surface area contributed by atoms with Gasteiger partial charge in [-0.2, -0.15) is 0 Å². The zero-order valence-electron chi connectivity index (χ0n) is 21.8. The fourth-order valence-corrected chi connectivity index (χ4v) is 8.67. The van der Waals surface area contributed by atoms with Gasteiger partial charge in [-0.1, -0.05) is 46.6 Å². The lowest BCUT2D eigenvalue weighted by molar-refractivity contribution is 0.0506. The van der Waals surface area contributed by atoms with E-state index in [2.05, 4.69) is 10.5 Å². The number of hydrogen-bond acceptors (Lipinski definition) is 6. The minimum atomic E-state index is -4.15. The Morgan fingerprint density at radius 2 is 1.80 bits per heavy atom. The third-order valence-electron chi connectivity index (χ3n) is 7.74. The van der Waals surface area contributed by atoms with E-state index in [9.17, 15) is 31.5 Å². The Labute approximate surface area is 239 Å². The van der Waals surface area contributed by atoms with Crippen molar-refractivity contribution in [2.45, 2.75) is 48.5 Å². The minimum Gasteiger partial charge on any atom is -0.391 e. The van der Waals surface area contributed by atoms with Crippen LogP contribution in [0.1, 0.15) is 40.7 Å². The highest BCUT2D eigenvalue weighted by Gasteiger charge is 2.61. The molecule has 41 heavy (non-hydrogen) atoms. The van der Waals surface area contributed by atoms with Crippen molar-refractivity contribution in [3.05, 3.63) is 93.8 Å². The van der Waals surface area contributed by atoms with Crippen LogP contribution in [0.25, 0.3) is 0 Å². The number of carbonyl (C=O) groups excluding carboxylic acids is 1. The zero-order chi connectivity index (χ0) is 29.5. The van der Waals surface area contributed by atoms with Gasteiger partial charge in [-0.3, -0.25) is 4.79 Å². The van der Waals surface area contributed by atoms with Gasteiger partial charge in [0, 0.05) is 29.3 Å². The van der Waals surface area contributed by atoms with Crippen LogP contribution in [0.2, 0.25) is 5.02 Å². The third-order valence-corrected chi connectivity index (χ3v) is 10.6. The smallest absolute Gasteiger partial charge is 0.255 e. The van der Waals surface area contributed by atoms with E-state index in [1.807, 2.05) is 31.2 Å². The zero-order valence-corrected chi connectivity index (χ0v) is 23.4. The summed E-state index contributed by atoms with van der Waals surface area (Å²) >= 11 is 6.28. The summed E-state index contributed by atoms with van der Waals surface area (Å²) < 4.78 is 68.1. The first kappa shape index (κ1) is 29.1. The first-order chi connectivity index (χ1) is 19.4. The van der Waals surface area contributed by atoms with Crippen LogP contribution < -0.4 is 5.32 Å². The van der Waals surface area contributed by atoms with Crippen molar-refractivity contribution in [3.63, 3.8) is 0 Å². The Morgan fingerprint density at radius 3 is 2.49 bits per heavy atom. The van der Waals surface area contributed by atoms with Crippen molar-refractivity contribution in [1.82, 2.24) is 0 Å². The van der Waals surface area contributed by atoms with E-state index >= 15 is 0 Å². The number of rotatable bonds is 8. The van der Waals surface area contributed by atoms with Crippen LogP contribution in [0, 0.1) is 36.2 Å². The van der Waals surface area contributed by atoms with E-state index in [0.29, 0.717) is 25.0 Å². The molecule has 2 aliphatic rings. The molecule has 2 unspecified atom stereocenters. The number of anilines is 1. The van der Waals surface area contributed by atoms with Crippen molar-refractivity contribution >= 4 is 39.2 Å². The largest absolute Gasteiger partial charge is 0.391 e. The second kappa shape index (κ2) is 11.1. The first-order valence-corrected chi connectivity index (χ1v) is 14.8. The highest BCUT2D eigenvalue weighted by atomic mass is 35.5. The topological polar surface area (TPSA) is 105 Å². The lowest BCUT2D eigenvalue weighted by atomic mass is 9.85. The number of carbonyl (C=O) groups is 1. The van der Waals surface area contributed by atoms with Gasteiger partial charge in [-0.05, 0) is 55.9 Å². The molecule has 5 rings (SSSR count). The van der Waals surface area contributed by atoms with Gasteiger partial charge in [-0.15, -0.1) is 0 Å². The molecule has 0 aromatic heterocycles. The second-order valence-electron chi connectivity index (χ2n) is 10.5. The molecule has 1 amide bonds. The van der Waals surface area contributed by atoms with Gasteiger partial charge >= 0.3 is 0 Å². The van der Waals surface area contributed by atoms with E-state index in [1.165, 1.54) is 18.3 Å². The number of nitrogens with zero attached hydrogens (tertiary/aromatic N) is 1. The molecule has 2 fully saturated rings. The van der Waals surface area contributed by atoms with E-state index in [0.717, 1.165) is 17.2 Å². The van der Waals surface area contributed by atoms with Crippen LogP contribution >= 0.6 is 11.6 Å². The van der Waals surface area contributed by atoms with Crippen molar-refractivity contribution in [1.29, 1.82) is 0 Å². The van der Waals surface area contributed by atoms with Crippen LogP contribution in [-0.4, -0.2) is 36.5 Å². The molecule has 0 saturated heterocycles. The van der Waals surface area contributed by atoms with E-state index in [-0.39, 0.29) is 40.1 Å². The standard InChI is InChI=1S/C29H26ClF3N2O5S/c1-16-2-4-17(5-3-16)14-40-34-15-29(37)13-19-6-8-21(29)27(19)41(38,39)25-10-18(7-9-22(25)30)28(36)35-20-11-23(31)26(33)24(32)12-20/h2-5,7,9-12,15,19,21,27,37H,6,8,13-14H2,1H3,(H,35,36)/b34-15+/t19?,21?,27-,29+/m1/s1. The number of aryl methyl sites for hydroxylation is 1. The fourth-order valence-electron chi connectivity index (χ4n) is 5.76. The van der Waals surface area contributed by atoms with E-state index in [1.54, 1.807) is 0 Å². The van der Waals surface area contributed by atoms with Crippen LogP contribution in [0.3, 0.4) is 0 Å². The average molecular weight is 607 g/mol. The molecule has 216 valence electrons. The summed E-state index contributed by atoms with van der Waals surface area (Å²) in [5, 5.41) is 16.4. The Kier molecular flexibility index (Phi) is 7.88. The maximum absolute atomic E-state index is 13.9. The molecular formula is C29H26ClF3N2O5S. The number of halogens is 4. The number of sulfone groups is 1. The van der Waals surface area contributed by atoms with Crippen molar-refractivity contribution in [2.24, 2.45) is 17.0 Å². The van der Waals surface area contributed by atoms with Crippen LogP contribution in [0.5, 0.6) is 0 Å². The van der Waals surface area contributed by atoms with Gasteiger partial charge in [0.1, 0.15) is 12.2 Å². The van der Waals surface area contributed by atoms with Crippen LogP contribution in [0.4, 0.5) is 18.9 Å². The summed E-state index contributed by atoms with van der Waals surface area (Å²) in [6.45, 7) is 2.15. The maximum Gasteiger partial charge on any atom is 0.255 e. The Bertz CT molecular complexity index is 1610.